The van der Waals surface area contributed by atoms with E-state index in [2.05, 4.69) is 14.2 Å². The van der Waals surface area contributed by atoms with Gasteiger partial charge >= 0.3 is 11.2 Å². The molecule has 0 amide bonds. The van der Waals surface area contributed by atoms with Crippen LogP contribution in [0.2, 0.25) is 0 Å². The molecule has 2 rings (SSSR count). The molecule has 9 heteroatoms. The summed E-state index contributed by atoms with van der Waals surface area (Å²) in [5.74, 6) is 0. The van der Waals surface area contributed by atoms with Gasteiger partial charge in [-0.25, -0.2) is 9.78 Å². The van der Waals surface area contributed by atoms with Gasteiger partial charge in [-0.3, -0.25) is 4.79 Å². The quantitative estimate of drug-likeness (QED) is 0.509. The standard InChI is InChI=1S/C12H19N4O4P/c1-19-15-10-9(11(17)16(20-2)12(15)18)14(8-13-10)6-4-3-5-7-21/h8H,3-7,21H2,1-2H3. The number of hydrogen-bond acceptors (Lipinski definition) is 5. The van der Waals surface area contributed by atoms with Gasteiger partial charge in [0, 0.05) is 6.54 Å². The zero-order chi connectivity index (χ0) is 15.4. The van der Waals surface area contributed by atoms with Crippen molar-refractivity contribution in [3.63, 3.8) is 0 Å². The molecular weight excluding hydrogens is 295 g/mol. The van der Waals surface area contributed by atoms with E-state index in [9.17, 15) is 9.59 Å². The van der Waals surface area contributed by atoms with Gasteiger partial charge in [0.15, 0.2) is 5.52 Å². The molecule has 0 N–H and O–H groups in total. The lowest BCUT2D eigenvalue weighted by Gasteiger charge is -2.09. The average molecular weight is 314 g/mol. The molecule has 2 heterocycles. The normalized spacial score (nSPS) is 11.0. The first kappa shape index (κ1) is 15.6. The zero-order valence-electron chi connectivity index (χ0n) is 12.1. The van der Waals surface area contributed by atoms with Crippen LogP contribution < -0.4 is 20.9 Å². The van der Waals surface area contributed by atoms with Crippen LogP contribution in [0.4, 0.5) is 0 Å². The lowest BCUT2D eigenvalue weighted by atomic mass is 10.2. The Labute approximate surface area is 123 Å². The van der Waals surface area contributed by atoms with Crippen molar-refractivity contribution in [2.75, 3.05) is 20.4 Å². The van der Waals surface area contributed by atoms with Gasteiger partial charge in [-0.05, 0) is 19.0 Å². The van der Waals surface area contributed by atoms with Crippen molar-refractivity contribution in [1.29, 1.82) is 0 Å². The van der Waals surface area contributed by atoms with Gasteiger partial charge in [0.05, 0.1) is 6.33 Å². The highest BCUT2D eigenvalue weighted by atomic mass is 31.0. The third-order valence-corrected chi connectivity index (χ3v) is 3.62. The Bertz CT molecular complexity index is 733. The van der Waals surface area contributed by atoms with Crippen LogP contribution in [0.15, 0.2) is 15.9 Å². The molecule has 116 valence electrons. The lowest BCUT2D eigenvalue weighted by Crippen LogP contribution is -2.44. The van der Waals surface area contributed by atoms with Gasteiger partial charge < -0.3 is 14.2 Å². The number of aryl methyl sites for hydroxylation is 1. The van der Waals surface area contributed by atoms with Crippen LogP contribution in [-0.4, -0.2) is 39.4 Å². The van der Waals surface area contributed by atoms with E-state index in [1.54, 1.807) is 10.9 Å². The largest absolute Gasteiger partial charge is 0.411 e. The van der Waals surface area contributed by atoms with Gasteiger partial charge in [0.1, 0.15) is 14.2 Å². The molecule has 0 spiro atoms. The highest BCUT2D eigenvalue weighted by Crippen LogP contribution is 2.08. The summed E-state index contributed by atoms with van der Waals surface area (Å²) in [5, 5.41) is 0. The minimum absolute atomic E-state index is 0.201. The summed E-state index contributed by atoms with van der Waals surface area (Å²) in [6.45, 7) is 0.655. The summed E-state index contributed by atoms with van der Waals surface area (Å²) in [5.41, 5.74) is -0.754. The van der Waals surface area contributed by atoms with Gasteiger partial charge in [0.2, 0.25) is 5.65 Å². The Kier molecular flexibility index (Phi) is 5.01. The third-order valence-electron chi connectivity index (χ3n) is 3.21. The van der Waals surface area contributed by atoms with Crippen LogP contribution in [-0.2, 0) is 6.54 Å². The van der Waals surface area contributed by atoms with Crippen molar-refractivity contribution >= 4 is 20.4 Å². The van der Waals surface area contributed by atoms with Crippen molar-refractivity contribution in [1.82, 2.24) is 19.0 Å². The van der Waals surface area contributed by atoms with Crippen molar-refractivity contribution < 1.29 is 9.68 Å². The smallest absolute Gasteiger partial charge is 0.399 e. The van der Waals surface area contributed by atoms with Crippen molar-refractivity contribution in [3.05, 3.63) is 27.2 Å². The molecule has 0 bridgehead atoms. The number of fused-ring (bicyclic) bond motifs is 1. The first-order valence-electron chi connectivity index (χ1n) is 6.67. The van der Waals surface area contributed by atoms with E-state index in [-0.39, 0.29) is 5.65 Å². The van der Waals surface area contributed by atoms with E-state index < -0.39 is 11.2 Å². The van der Waals surface area contributed by atoms with E-state index >= 15 is 0 Å². The monoisotopic (exact) mass is 314 g/mol. The van der Waals surface area contributed by atoms with E-state index in [0.717, 1.165) is 30.2 Å². The fraction of sp³-hybridized carbons (Fsp3) is 0.583. The van der Waals surface area contributed by atoms with Crippen LogP contribution >= 0.6 is 9.24 Å². The van der Waals surface area contributed by atoms with Gasteiger partial charge in [-0.2, -0.15) is 0 Å². The summed E-state index contributed by atoms with van der Waals surface area (Å²) in [6, 6.07) is 0. The second kappa shape index (κ2) is 6.76. The molecule has 0 aliphatic carbocycles. The summed E-state index contributed by atoms with van der Waals surface area (Å²) in [7, 11) is 5.29. The molecule has 21 heavy (non-hydrogen) atoms. The summed E-state index contributed by atoms with van der Waals surface area (Å²) in [6.07, 6.45) is 5.71. The van der Waals surface area contributed by atoms with Crippen molar-refractivity contribution in [3.8, 4) is 0 Å². The Morgan fingerprint density at radius 3 is 2.48 bits per heavy atom. The molecule has 1 atom stereocenters. The van der Waals surface area contributed by atoms with Crippen LogP contribution in [0.25, 0.3) is 11.2 Å². The number of aromatic nitrogens is 4. The van der Waals surface area contributed by atoms with Gasteiger partial charge in [-0.15, -0.1) is 14.0 Å². The second-order valence-corrected chi connectivity index (χ2v) is 5.08. The van der Waals surface area contributed by atoms with E-state index in [1.165, 1.54) is 14.2 Å². The third kappa shape index (κ3) is 2.81. The van der Waals surface area contributed by atoms with Crippen LogP contribution in [0.3, 0.4) is 0 Å². The molecule has 0 saturated carbocycles. The number of nitrogens with zero attached hydrogens (tertiary/aromatic N) is 4. The minimum Gasteiger partial charge on any atom is -0.411 e. The van der Waals surface area contributed by atoms with E-state index in [0.29, 0.717) is 16.8 Å². The van der Waals surface area contributed by atoms with E-state index in [4.69, 9.17) is 9.68 Å². The molecule has 0 aliphatic rings. The second-order valence-electron chi connectivity index (χ2n) is 4.50. The predicted octanol–water partition coefficient (Wildman–Crippen LogP) is -0.478. The Morgan fingerprint density at radius 1 is 1.14 bits per heavy atom. The van der Waals surface area contributed by atoms with Crippen LogP contribution in [0, 0.1) is 0 Å². The average Bonchev–Trinajstić information content (AvgIpc) is 2.89. The highest BCUT2D eigenvalue weighted by molar-refractivity contribution is 7.16. The molecule has 2 aromatic rings. The molecule has 0 aliphatic heterocycles. The van der Waals surface area contributed by atoms with Gasteiger partial charge in [0.25, 0.3) is 0 Å². The number of imidazole rings is 1. The van der Waals surface area contributed by atoms with Crippen molar-refractivity contribution in [2.24, 2.45) is 0 Å². The maximum absolute atomic E-state index is 12.3. The maximum Gasteiger partial charge on any atom is 0.399 e. The summed E-state index contributed by atoms with van der Waals surface area (Å²) < 4.78 is 3.33. The fourth-order valence-corrected chi connectivity index (χ4v) is 2.48. The van der Waals surface area contributed by atoms with Crippen molar-refractivity contribution in [2.45, 2.75) is 25.8 Å². The number of unbranched alkanes of at least 4 members (excludes halogenated alkanes) is 2. The van der Waals surface area contributed by atoms with Crippen LogP contribution in [0.5, 0.6) is 0 Å². The molecule has 0 fully saturated rings. The minimum atomic E-state index is -0.717. The highest BCUT2D eigenvalue weighted by Gasteiger charge is 2.18. The SMILES string of the molecule is COn1c(=O)c2c(ncn2CCCCCP)n(OC)c1=O. The summed E-state index contributed by atoms with van der Waals surface area (Å²) >= 11 is 0. The summed E-state index contributed by atoms with van der Waals surface area (Å²) in [4.78, 5) is 38.3. The molecule has 8 nitrogen and oxygen atoms in total. The lowest BCUT2D eigenvalue weighted by molar-refractivity contribution is 0.0985. The Morgan fingerprint density at radius 2 is 1.86 bits per heavy atom. The molecule has 0 radical (unpaired) electrons. The topological polar surface area (TPSA) is 80.3 Å². The molecule has 2 aromatic heterocycles. The van der Waals surface area contributed by atoms with Gasteiger partial charge in [-0.1, -0.05) is 11.2 Å². The molecular formula is C12H19N4O4P. The first-order chi connectivity index (χ1) is 10.2. The Hall–Kier alpha value is -1.82. The van der Waals surface area contributed by atoms with Crippen LogP contribution in [0.1, 0.15) is 19.3 Å². The molecule has 1 unspecified atom stereocenters. The fourth-order valence-electron chi connectivity index (χ4n) is 2.19. The zero-order valence-corrected chi connectivity index (χ0v) is 13.3. The molecule has 0 aromatic carbocycles. The number of rotatable bonds is 7. The predicted molar refractivity (Wildman–Crippen MR) is 81.7 cm³/mol. The van der Waals surface area contributed by atoms with E-state index in [1.807, 2.05) is 0 Å². The first-order valence-corrected chi connectivity index (χ1v) is 7.49. The number of hydrogen-bond donors (Lipinski definition) is 0. The Balaban J connectivity index is 2.51. The maximum atomic E-state index is 12.3. The molecule has 0 saturated heterocycles.